The van der Waals surface area contributed by atoms with Crippen molar-refractivity contribution in [2.24, 2.45) is 0 Å². The zero-order chi connectivity index (χ0) is 29.5. The highest BCUT2D eigenvalue weighted by Crippen LogP contribution is 2.36. The van der Waals surface area contributed by atoms with Crippen LogP contribution in [0.25, 0.3) is 38.6 Å². The number of hydrogen-bond donors (Lipinski definition) is 0. The van der Waals surface area contributed by atoms with E-state index >= 15 is 0 Å². The van der Waals surface area contributed by atoms with Gasteiger partial charge in [-0.05, 0) is 30.9 Å². The molecule has 6 rings (SSSR count). The summed E-state index contributed by atoms with van der Waals surface area (Å²) in [7, 11) is 0. The van der Waals surface area contributed by atoms with Gasteiger partial charge in [0.2, 0.25) is 0 Å². The molecule has 0 radical (unpaired) electrons. The van der Waals surface area contributed by atoms with Gasteiger partial charge in [-0.15, -0.1) is 0 Å². The van der Waals surface area contributed by atoms with Gasteiger partial charge in [0.25, 0.3) is 5.65 Å². The molecule has 0 atom stereocenters. The van der Waals surface area contributed by atoms with Gasteiger partial charge in [-0.3, -0.25) is 0 Å². The van der Waals surface area contributed by atoms with E-state index in [4.69, 9.17) is 19.2 Å². The minimum atomic E-state index is -2.94. The molecule has 0 saturated heterocycles. The second-order valence-corrected chi connectivity index (χ2v) is 6.28. The monoisotopic (exact) mass is 349 g/mol. The second-order valence-electron chi connectivity index (χ2n) is 6.28. The summed E-state index contributed by atoms with van der Waals surface area (Å²) in [6.45, 7) is -1.65. The summed E-state index contributed by atoms with van der Waals surface area (Å²) < 4.78 is 121. The van der Waals surface area contributed by atoms with E-state index in [0.717, 1.165) is 0 Å². The van der Waals surface area contributed by atoms with Crippen LogP contribution >= 0.6 is 0 Å². The van der Waals surface area contributed by atoms with Crippen molar-refractivity contribution >= 4 is 27.3 Å². The van der Waals surface area contributed by atoms with Crippen molar-refractivity contribution < 1.29 is 23.6 Å². The Kier molecular flexibility index (Phi) is 1.14. The lowest BCUT2D eigenvalue weighted by Gasteiger charge is -2.09. The van der Waals surface area contributed by atoms with Crippen LogP contribution in [-0.2, 0) is 6.54 Å². The lowest BCUT2D eigenvalue weighted by Crippen LogP contribution is -2.24. The molecule has 2 heteroatoms. The van der Waals surface area contributed by atoms with E-state index in [1.165, 1.54) is 15.9 Å². The molecular weight excluding hydrogens is 316 g/mol. The molecule has 1 aliphatic rings. The van der Waals surface area contributed by atoms with Gasteiger partial charge >= 0.3 is 0 Å². The van der Waals surface area contributed by atoms with Gasteiger partial charge in [0.15, 0.2) is 5.69 Å². The number of benzene rings is 3. The number of para-hydroxylation sites is 1. The molecule has 2 nitrogen and oxygen atoms in total. The number of fused-ring (bicyclic) bond motifs is 3. The zero-order valence-electron chi connectivity index (χ0n) is 27.6. The Hall–Kier alpha value is -3.13. The second kappa shape index (κ2) is 4.73. The van der Waals surface area contributed by atoms with Gasteiger partial charge < -0.3 is 0 Å². The lowest BCUT2D eigenvalue weighted by atomic mass is 9.99. The molecular formula is C24H19N2+. The van der Waals surface area contributed by atoms with Crippen LogP contribution in [0.3, 0.4) is 0 Å². The predicted octanol–water partition coefficient (Wildman–Crippen LogP) is 5.18. The predicted molar refractivity (Wildman–Crippen MR) is 107 cm³/mol. The molecule has 0 amide bonds. The smallest absolute Gasteiger partial charge is 0.225 e. The first kappa shape index (κ1) is 6.24. The highest BCUT2D eigenvalue weighted by molar-refractivity contribution is 6.11. The fourth-order valence-corrected chi connectivity index (χ4v) is 3.81. The van der Waals surface area contributed by atoms with E-state index in [9.17, 15) is 0 Å². The first-order chi connectivity index (χ1) is 18.5. The van der Waals surface area contributed by atoms with Crippen LogP contribution in [0.4, 0.5) is 0 Å². The number of imidazole rings is 1. The third-order valence-corrected chi connectivity index (χ3v) is 4.87. The van der Waals surface area contributed by atoms with Gasteiger partial charge in [-0.2, -0.15) is 4.40 Å². The Labute approximate surface area is 171 Å². The number of hydrogen-bond acceptors (Lipinski definition) is 0. The number of rotatable bonds is 1. The molecule has 0 spiro atoms. The number of pyridine rings is 1. The van der Waals surface area contributed by atoms with Gasteiger partial charge in [0.1, 0.15) is 19.6 Å². The van der Waals surface area contributed by atoms with Crippen LogP contribution in [0.1, 0.15) is 35.9 Å². The van der Waals surface area contributed by atoms with Gasteiger partial charge in [0.05, 0.1) is 19.1 Å². The quantitative estimate of drug-likeness (QED) is 0.286. The summed E-state index contributed by atoms with van der Waals surface area (Å²) in [6.07, 6.45) is -0.306. The average Bonchev–Trinajstić information content (AvgIpc) is 3.41. The van der Waals surface area contributed by atoms with Crippen molar-refractivity contribution in [3.05, 3.63) is 83.3 Å². The maximum atomic E-state index is 9.16. The van der Waals surface area contributed by atoms with E-state index in [0.29, 0.717) is 0 Å². The topological polar surface area (TPSA) is 9.03 Å². The van der Waals surface area contributed by atoms with Crippen LogP contribution in [-0.4, -0.2) is 4.57 Å². The van der Waals surface area contributed by atoms with Gasteiger partial charge in [0, 0.05) is 26.0 Å². The zero-order valence-corrected chi connectivity index (χ0v) is 13.6. The van der Waals surface area contributed by atoms with E-state index in [1.807, 2.05) is 0 Å². The molecule has 2 aromatic heterocycles. The Bertz CT molecular complexity index is 2040. The van der Waals surface area contributed by atoms with Crippen molar-refractivity contribution in [1.82, 2.24) is 4.57 Å². The third kappa shape index (κ3) is 1.60. The summed E-state index contributed by atoms with van der Waals surface area (Å²) in [5.74, 6) is 0. The third-order valence-electron chi connectivity index (χ3n) is 4.87. The molecule has 0 saturated carbocycles. The largest absolute Gasteiger partial charge is 0.295 e. The Morgan fingerprint density at radius 2 is 1.77 bits per heavy atom. The molecule has 0 bridgehead atoms. The Balaban J connectivity index is 2.04. The fourth-order valence-electron chi connectivity index (χ4n) is 3.81. The highest BCUT2D eigenvalue weighted by Gasteiger charge is 2.31. The first-order valence-corrected chi connectivity index (χ1v) is 8.04. The van der Waals surface area contributed by atoms with Crippen LogP contribution in [0.5, 0.6) is 0 Å². The fraction of sp³-hybridized carbons (Fsp3) is 0.125. The van der Waals surface area contributed by atoms with Crippen molar-refractivity contribution in [2.45, 2.75) is 20.3 Å². The van der Waals surface area contributed by atoms with E-state index in [1.54, 1.807) is 0 Å². The summed E-state index contributed by atoms with van der Waals surface area (Å²) in [5, 5.41) is 0.143. The SMILES string of the molecule is [2H]c1c([2H])c(C)c(-c2c([2H])n3c4c5c(c([2H])c([2H])c([2H])c5c5c([2H])c([2H])c([2H])c([2H])c5[n+]24)C3)c(C([2H])([2H])[2H])c1[2H]. The lowest BCUT2D eigenvalue weighted by molar-refractivity contribution is -0.466. The normalized spacial score (nSPS) is 21.0. The Morgan fingerprint density at radius 1 is 0.962 bits per heavy atom. The van der Waals surface area contributed by atoms with E-state index in [-0.39, 0.29) is 68.5 Å². The van der Waals surface area contributed by atoms with Crippen LogP contribution in [0.2, 0.25) is 0 Å². The average molecular weight is 350 g/mol. The van der Waals surface area contributed by atoms with E-state index < -0.39 is 66.8 Å². The minimum Gasteiger partial charge on any atom is -0.225 e. The van der Waals surface area contributed by atoms with Crippen molar-refractivity contribution in [1.29, 1.82) is 0 Å². The standard InChI is InChI=1S/C24H19N2/c1-15-7-5-8-16(2)22(15)21-14-25-13-17-9-6-11-19-18-10-3-4-12-20(18)26(21)24(25)23(17)19/h3-12,14H,13H2,1-2H3/q+1/i1D3,3D,4D,5D,6D,7D,8D,9D,10D,11D,12D,14D. The molecule has 0 aliphatic carbocycles. The van der Waals surface area contributed by atoms with Gasteiger partial charge in [-0.1, -0.05) is 54.4 Å². The summed E-state index contributed by atoms with van der Waals surface area (Å²) in [4.78, 5) is 0. The van der Waals surface area contributed by atoms with E-state index in [2.05, 4.69) is 0 Å². The summed E-state index contributed by atoms with van der Waals surface area (Å²) in [6, 6.07) is -5.06. The van der Waals surface area contributed by atoms with Crippen LogP contribution in [0, 0.1) is 13.8 Å². The van der Waals surface area contributed by atoms with Gasteiger partial charge in [-0.25, -0.2) is 4.57 Å². The molecule has 0 N–H and O–H groups in total. The maximum Gasteiger partial charge on any atom is 0.295 e. The highest BCUT2D eigenvalue weighted by atomic mass is 15.1. The Morgan fingerprint density at radius 3 is 2.69 bits per heavy atom. The van der Waals surface area contributed by atoms with Crippen molar-refractivity contribution in [3.8, 4) is 11.3 Å². The minimum absolute atomic E-state index is 0.00548. The summed E-state index contributed by atoms with van der Waals surface area (Å²) >= 11 is 0. The van der Waals surface area contributed by atoms with Crippen LogP contribution in [0.15, 0.2) is 66.6 Å². The molecule has 3 heterocycles. The van der Waals surface area contributed by atoms with Crippen LogP contribution < -0.4 is 4.40 Å². The number of aromatic nitrogens is 2. The van der Waals surface area contributed by atoms with Crippen molar-refractivity contribution in [3.63, 3.8) is 0 Å². The van der Waals surface area contributed by atoms with Crippen molar-refractivity contribution in [2.75, 3.05) is 0 Å². The molecule has 26 heavy (non-hydrogen) atoms. The molecule has 0 unspecified atom stereocenters. The maximum absolute atomic E-state index is 9.16. The molecule has 5 aromatic rings. The first-order valence-electron chi connectivity index (χ1n) is 15.0. The molecule has 0 fully saturated rings. The summed E-state index contributed by atoms with van der Waals surface area (Å²) in [5.41, 5.74) is -0.594. The number of nitrogens with zero attached hydrogens (tertiary/aromatic N) is 2. The molecule has 3 aromatic carbocycles. The molecule has 124 valence electrons. The molecule has 1 aliphatic heterocycles.